The lowest BCUT2D eigenvalue weighted by atomic mass is 10.3. The third-order valence-corrected chi connectivity index (χ3v) is 1.37. The molecule has 12 heavy (non-hydrogen) atoms. The van der Waals surface area contributed by atoms with E-state index >= 15 is 0 Å². The minimum atomic E-state index is -0.684. The van der Waals surface area contributed by atoms with E-state index in [0.29, 0.717) is 6.42 Å². The van der Waals surface area contributed by atoms with Crippen molar-refractivity contribution in [3.63, 3.8) is 0 Å². The number of ether oxygens (including phenoxy) is 1. The average molecular weight is 176 g/mol. The Balaban J connectivity index is 3.44. The SMILES string of the molecule is CCC(O)COC(=O)CC(C)O. The first-order valence-corrected chi connectivity index (χ1v) is 4.08. The Morgan fingerprint density at radius 1 is 1.50 bits per heavy atom. The highest BCUT2D eigenvalue weighted by molar-refractivity contribution is 5.69. The van der Waals surface area contributed by atoms with Gasteiger partial charge in [-0.3, -0.25) is 4.79 Å². The van der Waals surface area contributed by atoms with Gasteiger partial charge < -0.3 is 14.9 Å². The van der Waals surface area contributed by atoms with Gasteiger partial charge in [0.15, 0.2) is 0 Å². The van der Waals surface area contributed by atoms with Crippen LogP contribution in [0.25, 0.3) is 0 Å². The van der Waals surface area contributed by atoms with Gasteiger partial charge in [0.2, 0.25) is 0 Å². The molecule has 0 saturated carbocycles. The molecule has 0 amide bonds. The van der Waals surface area contributed by atoms with E-state index in [1.807, 2.05) is 0 Å². The second-order valence-corrected chi connectivity index (χ2v) is 2.80. The van der Waals surface area contributed by atoms with E-state index in [4.69, 9.17) is 10.2 Å². The van der Waals surface area contributed by atoms with Gasteiger partial charge in [0.1, 0.15) is 6.61 Å². The monoisotopic (exact) mass is 176 g/mol. The minimum Gasteiger partial charge on any atom is -0.463 e. The fourth-order valence-electron chi connectivity index (χ4n) is 0.607. The van der Waals surface area contributed by atoms with Crippen LogP contribution in [0.3, 0.4) is 0 Å². The standard InChI is InChI=1S/C8H16O4/c1-3-7(10)5-12-8(11)4-6(2)9/h6-7,9-10H,3-5H2,1-2H3. The maximum atomic E-state index is 10.8. The first kappa shape index (κ1) is 11.4. The van der Waals surface area contributed by atoms with Crippen LogP contribution in [0.1, 0.15) is 26.7 Å². The Bertz CT molecular complexity index is 133. The second kappa shape index (κ2) is 5.97. The molecule has 0 aromatic carbocycles. The molecule has 0 heterocycles. The average Bonchev–Trinajstić information content (AvgIpc) is 1.99. The number of hydrogen-bond donors (Lipinski definition) is 2. The fraction of sp³-hybridized carbons (Fsp3) is 0.875. The third kappa shape index (κ3) is 6.12. The van der Waals surface area contributed by atoms with Crippen molar-refractivity contribution in [3.8, 4) is 0 Å². The van der Waals surface area contributed by atoms with E-state index in [1.54, 1.807) is 6.92 Å². The molecule has 0 aliphatic heterocycles. The Kier molecular flexibility index (Phi) is 5.66. The lowest BCUT2D eigenvalue weighted by molar-refractivity contribution is -0.148. The largest absolute Gasteiger partial charge is 0.463 e. The topological polar surface area (TPSA) is 66.8 Å². The zero-order chi connectivity index (χ0) is 9.56. The quantitative estimate of drug-likeness (QED) is 0.582. The van der Waals surface area contributed by atoms with Crippen molar-refractivity contribution in [1.29, 1.82) is 0 Å². The van der Waals surface area contributed by atoms with Gasteiger partial charge in [-0.05, 0) is 13.3 Å². The molecule has 0 spiro atoms. The lowest BCUT2D eigenvalue weighted by Crippen LogP contribution is -2.19. The summed E-state index contributed by atoms with van der Waals surface area (Å²) in [5, 5.41) is 17.8. The van der Waals surface area contributed by atoms with Gasteiger partial charge in [-0.25, -0.2) is 0 Å². The number of aliphatic hydroxyl groups is 2. The van der Waals surface area contributed by atoms with Crippen LogP contribution in [0.15, 0.2) is 0 Å². The van der Waals surface area contributed by atoms with Gasteiger partial charge in [-0.2, -0.15) is 0 Å². The van der Waals surface area contributed by atoms with Crippen LogP contribution >= 0.6 is 0 Å². The van der Waals surface area contributed by atoms with Gasteiger partial charge in [-0.1, -0.05) is 6.92 Å². The number of rotatable bonds is 5. The van der Waals surface area contributed by atoms with E-state index in [2.05, 4.69) is 4.74 Å². The molecule has 0 bridgehead atoms. The van der Waals surface area contributed by atoms with Crippen molar-refractivity contribution in [1.82, 2.24) is 0 Å². The summed E-state index contributed by atoms with van der Waals surface area (Å²) in [7, 11) is 0. The predicted molar refractivity (Wildman–Crippen MR) is 43.6 cm³/mol. The van der Waals surface area contributed by atoms with Crippen LogP contribution in [0, 0.1) is 0 Å². The van der Waals surface area contributed by atoms with Crippen molar-refractivity contribution < 1.29 is 19.7 Å². The molecule has 4 nitrogen and oxygen atoms in total. The summed E-state index contributed by atoms with van der Waals surface area (Å²) in [4.78, 5) is 10.8. The van der Waals surface area contributed by atoms with E-state index in [-0.39, 0.29) is 13.0 Å². The van der Waals surface area contributed by atoms with Gasteiger partial charge in [0.25, 0.3) is 0 Å². The highest BCUT2D eigenvalue weighted by Gasteiger charge is 2.09. The molecule has 0 aromatic rings. The molecule has 0 aliphatic carbocycles. The molecular weight excluding hydrogens is 160 g/mol. The van der Waals surface area contributed by atoms with E-state index in [0.717, 1.165) is 0 Å². The summed E-state index contributed by atoms with van der Waals surface area (Å²) in [5.74, 6) is -0.475. The fourth-order valence-corrected chi connectivity index (χ4v) is 0.607. The molecule has 2 unspecified atom stereocenters. The van der Waals surface area contributed by atoms with Crippen LogP contribution in [0.2, 0.25) is 0 Å². The predicted octanol–water partition coefficient (Wildman–Crippen LogP) is 0.0714. The Morgan fingerprint density at radius 2 is 2.08 bits per heavy atom. The first-order chi connectivity index (χ1) is 5.56. The zero-order valence-corrected chi connectivity index (χ0v) is 7.49. The van der Waals surface area contributed by atoms with Crippen LogP contribution in [-0.2, 0) is 9.53 Å². The third-order valence-electron chi connectivity index (χ3n) is 1.37. The number of hydrogen-bond acceptors (Lipinski definition) is 4. The van der Waals surface area contributed by atoms with E-state index < -0.39 is 18.2 Å². The molecule has 0 aromatic heterocycles. The van der Waals surface area contributed by atoms with Crippen molar-refractivity contribution in [2.45, 2.75) is 38.9 Å². The maximum Gasteiger partial charge on any atom is 0.308 e. The van der Waals surface area contributed by atoms with Crippen LogP contribution in [0.4, 0.5) is 0 Å². The molecule has 0 saturated heterocycles. The number of carbonyl (C=O) groups is 1. The molecule has 2 atom stereocenters. The number of esters is 1. The van der Waals surface area contributed by atoms with E-state index in [1.165, 1.54) is 6.92 Å². The van der Waals surface area contributed by atoms with Gasteiger partial charge >= 0.3 is 5.97 Å². The van der Waals surface area contributed by atoms with Crippen LogP contribution < -0.4 is 0 Å². The van der Waals surface area contributed by atoms with Gasteiger partial charge in [0, 0.05) is 0 Å². The van der Waals surface area contributed by atoms with Crippen LogP contribution in [-0.4, -0.2) is 35.0 Å². The zero-order valence-electron chi connectivity index (χ0n) is 7.49. The summed E-state index contributed by atoms with van der Waals surface area (Å²) >= 11 is 0. The summed E-state index contributed by atoms with van der Waals surface area (Å²) in [6.45, 7) is 3.33. The maximum absolute atomic E-state index is 10.8. The van der Waals surface area contributed by atoms with Gasteiger partial charge in [-0.15, -0.1) is 0 Å². The normalized spacial score (nSPS) is 15.3. The van der Waals surface area contributed by atoms with Crippen molar-refractivity contribution in [2.75, 3.05) is 6.61 Å². The van der Waals surface area contributed by atoms with Crippen molar-refractivity contribution in [2.24, 2.45) is 0 Å². The molecule has 72 valence electrons. The number of aliphatic hydroxyl groups excluding tert-OH is 2. The molecule has 2 N–H and O–H groups in total. The minimum absolute atomic E-state index is 0.0159. The number of carbonyl (C=O) groups excluding carboxylic acids is 1. The van der Waals surface area contributed by atoms with Gasteiger partial charge in [0.05, 0.1) is 18.6 Å². The lowest BCUT2D eigenvalue weighted by Gasteiger charge is -2.09. The molecular formula is C8H16O4. The summed E-state index contributed by atoms with van der Waals surface area (Å²) in [6.07, 6.45) is -0.738. The van der Waals surface area contributed by atoms with Crippen LogP contribution in [0.5, 0.6) is 0 Å². The molecule has 0 fully saturated rings. The van der Waals surface area contributed by atoms with E-state index in [9.17, 15) is 4.79 Å². The summed E-state index contributed by atoms with van der Waals surface area (Å²) in [5.41, 5.74) is 0. The molecule has 0 aliphatic rings. The molecule has 4 heteroatoms. The smallest absolute Gasteiger partial charge is 0.308 e. The Morgan fingerprint density at radius 3 is 2.50 bits per heavy atom. The summed E-state index contributed by atoms with van der Waals surface area (Å²) < 4.78 is 4.66. The van der Waals surface area contributed by atoms with Crippen molar-refractivity contribution >= 4 is 5.97 Å². The Hall–Kier alpha value is -0.610. The first-order valence-electron chi connectivity index (χ1n) is 4.08. The highest BCUT2D eigenvalue weighted by Crippen LogP contribution is 1.96. The summed E-state index contributed by atoms with van der Waals surface area (Å²) in [6, 6.07) is 0. The second-order valence-electron chi connectivity index (χ2n) is 2.80. The molecule has 0 rings (SSSR count). The Labute approximate surface area is 72.2 Å². The highest BCUT2D eigenvalue weighted by atomic mass is 16.5. The molecule has 0 radical (unpaired) electrons. The van der Waals surface area contributed by atoms with Crippen molar-refractivity contribution in [3.05, 3.63) is 0 Å².